The first-order valence-corrected chi connectivity index (χ1v) is 5.72. The lowest BCUT2D eigenvalue weighted by molar-refractivity contribution is 0.101. The highest BCUT2D eigenvalue weighted by atomic mass is 32.1. The maximum Gasteiger partial charge on any atom is 0.277 e. The topological polar surface area (TPSA) is 81.2 Å². The third kappa shape index (κ3) is 2.94. The van der Waals surface area contributed by atoms with Crippen molar-refractivity contribution in [2.24, 2.45) is 5.73 Å². The lowest BCUT2D eigenvalue weighted by Crippen LogP contribution is -2.15. The summed E-state index contributed by atoms with van der Waals surface area (Å²) in [6.07, 6.45) is 0. The first-order valence-electron chi connectivity index (χ1n) is 5.31. The third-order valence-corrected chi connectivity index (χ3v) is 2.57. The molecule has 19 heavy (non-hydrogen) atoms. The van der Waals surface area contributed by atoms with Gasteiger partial charge in [0.1, 0.15) is 16.6 Å². The van der Waals surface area contributed by atoms with Crippen molar-refractivity contribution in [3.05, 3.63) is 47.1 Å². The molecule has 1 amide bonds. The van der Waals surface area contributed by atoms with Crippen LogP contribution >= 0.6 is 12.2 Å². The Balaban J connectivity index is 2.22. The Hall–Kier alpha value is -2.28. The van der Waals surface area contributed by atoms with Gasteiger partial charge in [0.05, 0.1) is 0 Å². The van der Waals surface area contributed by atoms with E-state index in [-0.39, 0.29) is 16.2 Å². The second kappa shape index (κ2) is 5.15. The monoisotopic (exact) mass is 279 g/mol. The number of carbonyl (C=O) groups is 1. The van der Waals surface area contributed by atoms with E-state index >= 15 is 0 Å². The number of hydrogen-bond acceptors (Lipinski definition) is 4. The molecule has 0 aliphatic rings. The van der Waals surface area contributed by atoms with Crippen LogP contribution in [0, 0.1) is 12.7 Å². The van der Waals surface area contributed by atoms with Crippen LogP contribution < -0.4 is 11.1 Å². The van der Waals surface area contributed by atoms with Crippen molar-refractivity contribution in [3.63, 3.8) is 0 Å². The molecule has 0 radical (unpaired) electrons. The number of amides is 1. The third-order valence-electron chi connectivity index (χ3n) is 2.35. The minimum atomic E-state index is -0.539. The minimum absolute atomic E-state index is 0.0733. The van der Waals surface area contributed by atoms with E-state index < -0.39 is 11.7 Å². The Morgan fingerprint density at radius 3 is 2.79 bits per heavy atom. The van der Waals surface area contributed by atoms with Crippen molar-refractivity contribution < 1.29 is 13.7 Å². The number of nitrogens with two attached hydrogens (primary N) is 1. The smallest absolute Gasteiger partial charge is 0.277 e. The molecule has 0 aliphatic heterocycles. The first-order chi connectivity index (χ1) is 8.97. The molecule has 7 heteroatoms. The van der Waals surface area contributed by atoms with Gasteiger partial charge in [-0.3, -0.25) is 4.79 Å². The van der Waals surface area contributed by atoms with Gasteiger partial charge in [-0.05, 0) is 25.1 Å². The molecule has 0 saturated carbocycles. The van der Waals surface area contributed by atoms with Gasteiger partial charge in [0.2, 0.25) is 0 Å². The number of thiocarbonyl (C=S) groups is 1. The summed E-state index contributed by atoms with van der Waals surface area (Å²) in [7, 11) is 0. The molecular formula is C12H10FN3O2S. The lowest BCUT2D eigenvalue weighted by atomic mass is 10.2. The van der Waals surface area contributed by atoms with Gasteiger partial charge in [-0.25, -0.2) is 4.39 Å². The van der Waals surface area contributed by atoms with E-state index in [0.717, 1.165) is 0 Å². The maximum absolute atomic E-state index is 13.4. The van der Waals surface area contributed by atoms with Gasteiger partial charge in [0, 0.05) is 17.3 Å². The zero-order valence-corrected chi connectivity index (χ0v) is 10.8. The van der Waals surface area contributed by atoms with Gasteiger partial charge < -0.3 is 15.6 Å². The van der Waals surface area contributed by atoms with Crippen LogP contribution in [0.1, 0.15) is 21.8 Å². The average Bonchev–Trinajstić information content (AvgIpc) is 2.78. The summed E-state index contributed by atoms with van der Waals surface area (Å²) in [5, 5.41) is 6.13. The van der Waals surface area contributed by atoms with Crippen LogP contribution in [-0.2, 0) is 0 Å². The van der Waals surface area contributed by atoms with Gasteiger partial charge in [0.25, 0.3) is 5.91 Å². The van der Waals surface area contributed by atoms with Crippen LogP contribution in [0.15, 0.2) is 28.8 Å². The normalized spacial score (nSPS) is 10.2. The molecule has 3 N–H and O–H groups in total. The molecule has 1 heterocycles. The molecule has 2 aromatic rings. The molecule has 1 aromatic carbocycles. The van der Waals surface area contributed by atoms with E-state index in [4.69, 9.17) is 22.5 Å². The summed E-state index contributed by atoms with van der Waals surface area (Å²) in [6.45, 7) is 1.67. The van der Waals surface area contributed by atoms with Gasteiger partial charge >= 0.3 is 0 Å². The van der Waals surface area contributed by atoms with Crippen LogP contribution in [0.4, 0.5) is 10.1 Å². The number of rotatable bonds is 3. The largest absolute Gasteiger partial charge is 0.389 e. The number of carbonyl (C=O) groups excluding carboxylic acids is 1. The summed E-state index contributed by atoms with van der Waals surface area (Å²) >= 11 is 4.72. The number of halogens is 1. The van der Waals surface area contributed by atoms with Crippen LogP contribution in [0.3, 0.4) is 0 Å². The highest BCUT2D eigenvalue weighted by Gasteiger charge is 2.13. The van der Waals surface area contributed by atoms with Gasteiger partial charge in [-0.2, -0.15) is 0 Å². The molecule has 2 rings (SSSR count). The fraction of sp³-hybridized carbons (Fsp3) is 0.0833. The highest BCUT2D eigenvalue weighted by molar-refractivity contribution is 7.80. The molecule has 0 fully saturated rings. The minimum Gasteiger partial charge on any atom is -0.389 e. The van der Waals surface area contributed by atoms with Crippen molar-refractivity contribution in [2.75, 3.05) is 5.32 Å². The van der Waals surface area contributed by atoms with Gasteiger partial charge in [0.15, 0.2) is 5.69 Å². The van der Waals surface area contributed by atoms with Crippen molar-refractivity contribution >= 4 is 28.8 Å². The molecule has 0 saturated heterocycles. The SMILES string of the molecule is Cc1cc(C(=O)Nc2ccc(F)c(C(N)=S)c2)no1. The predicted molar refractivity (Wildman–Crippen MR) is 71.5 cm³/mol. The maximum atomic E-state index is 13.4. The summed E-state index contributed by atoms with van der Waals surface area (Å²) in [5.41, 5.74) is 5.96. The number of benzene rings is 1. The first kappa shape index (κ1) is 13.2. The molecule has 0 bridgehead atoms. The van der Waals surface area contributed by atoms with Crippen LogP contribution in [0.2, 0.25) is 0 Å². The summed E-state index contributed by atoms with van der Waals surface area (Å²) in [6, 6.07) is 5.44. The Morgan fingerprint density at radius 1 is 1.47 bits per heavy atom. The van der Waals surface area contributed by atoms with Crippen molar-refractivity contribution in [1.82, 2.24) is 5.16 Å². The van der Waals surface area contributed by atoms with E-state index in [1.54, 1.807) is 6.92 Å². The Labute approximate surface area is 113 Å². The van der Waals surface area contributed by atoms with E-state index in [2.05, 4.69) is 10.5 Å². The quantitative estimate of drug-likeness (QED) is 0.840. The summed E-state index contributed by atoms with van der Waals surface area (Å²) in [4.78, 5) is 11.7. The van der Waals surface area contributed by atoms with Crippen molar-refractivity contribution in [2.45, 2.75) is 6.92 Å². The summed E-state index contributed by atoms with van der Waals surface area (Å²) in [5.74, 6) is -0.479. The average molecular weight is 279 g/mol. The van der Waals surface area contributed by atoms with E-state index in [1.165, 1.54) is 24.3 Å². The molecule has 0 unspecified atom stereocenters. The molecular weight excluding hydrogens is 269 g/mol. The van der Waals surface area contributed by atoms with Crippen molar-refractivity contribution in [3.8, 4) is 0 Å². The Kier molecular flexibility index (Phi) is 3.57. The fourth-order valence-electron chi connectivity index (χ4n) is 1.46. The zero-order valence-electron chi connectivity index (χ0n) is 9.94. The molecule has 5 nitrogen and oxygen atoms in total. The van der Waals surface area contributed by atoms with E-state index in [1.807, 2.05) is 0 Å². The highest BCUT2D eigenvalue weighted by Crippen LogP contribution is 2.16. The number of hydrogen-bond donors (Lipinski definition) is 2. The standard InChI is InChI=1S/C12H10FN3O2S/c1-6-4-10(16-18-6)12(17)15-7-2-3-9(13)8(5-7)11(14)19/h2-5H,1H3,(H2,14,19)(H,15,17). The number of aromatic nitrogens is 1. The van der Waals surface area contributed by atoms with Crippen LogP contribution in [0.5, 0.6) is 0 Å². The molecule has 0 spiro atoms. The van der Waals surface area contributed by atoms with E-state index in [9.17, 15) is 9.18 Å². The van der Waals surface area contributed by atoms with Crippen LogP contribution in [0.25, 0.3) is 0 Å². The Bertz CT molecular complexity index is 654. The number of aryl methyl sites for hydroxylation is 1. The van der Waals surface area contributed by atoms with Gasteiger partial charge in [-0.1, -0.05) is 17.4 Å². The number of anilines is 1. The molecule has 0 atom stereocenters. The number of nitrogens with zero attached hydrogens (tertiary/aromatic N) is 1. The van der Waals surface area contributed by atoms with Crippen molar-refractivity contribution in [1.29, 1.82) is 0 Å². The molecule has 98 valence electrons. The van der Waals surface area contributed by atoms with Crippen LogP contribution in [-0.4, -0.2) is 16.1 Å². The summed E-state index contributed by atoms with van der Waals surface area (Å²) < 4.78 is 18.2. The second-order valence-electron chi connectivity index (χ2n) is 3.84. The second-order valence-corrected chi connectivity index (χ2v) is 4.28. The molecule has 1 aromatic heterocycles. The Morgan fingerprint density at radius 2 is 2.21 bits per heavy atom. The lowest BCUT2D eigenvalue weighted by Gasteiger charge is -2.06. The molecule has 0 aliphatic carbocycles. The zero-order chi connectivity index (χ0) is 14.0. The van der Waals surface area contributed by atoms with Gasteiger partial charge in [-0.15, -0.1) is 0 Å². The van der Waals surface area contributed by atoms with E-state index in [0.29, 0.717) is 11.4 Å². The predicted octanol–water partition coefficient (Wildman–Crippen LogP) is 2.01. The number of nitrogens with one attached hydrogen (secondary N) is 1. The fourth-order valence-corrected chi connectivity index (χ4v) is 1.62.